The van der Waals surface area contributed by atoms with Crippen LogP contribution >= 0.6 is 0 Å². The summed E-state index contributed by atoms with van der Waals surface area (Å²) in [6.07, 6.45) is 0.526. The topological polar surface area (TPSA) is 62.1 Å². The number of benzene rings is 3. The summed E-state index contributed by atoms with van der Waals surface area (Å²) in [5.74, 6) is -0.842. The van der Waals surface area contributed by atoms with Gasteiger partial charge in [-0.15, -0.1) is 0 Å². The van der Waals surface area contributed by atoms with Gasteiger partial charge in [-0.1, -0.05) is 60.7 Å². The highest BCUT2D eigenvalue weighted by molar-refractivity contribution is 7.84. The third-order valence-corrected chi connectivity index (χ3v) is 8.16. The average molecular weight is 525 g/mol. The largest absolute Gasteiger partial charge is 0.374 e. The van der Waals surface area contributed by atoms with E-state index in [-0.39, 0.29) is 31.9 Å². The molecule has 37 heavy (non-hydrogen) atoms. The molecular weight excluding hydrogens is 490 g/mol. The molecule has 0 spiro atoms. The minimum Gasteiger partial charge on any atom is -0.374 e. The summed E-state index contributed by atoms with van der Waals surface area (Å²) in [5, 5.41) is 10.1. The smallest absolute Gasteiger partial charge is 0.128 e. The number of hydrogen-bond acceptors (Lipinski definition) is 3. The Bertz CT molecular complexity index is 1240. The lowest BCUT2D eigenvalue weighted by molar-refractivity contribution is 0.0576. The molecule has 3 atom stereocenters. The first-order chi connectivity index (χ1) is 17.5. The minimum absolute atomic E-state index is 0.0234. The van der Waals surface area contributed by atoms with Gasteiger partial charge in [-0.05, 0) is 69.9 Å². The zero-order valence-corrected chi connectivity index (χ0v) is 22.6. The van der Waals surface area contributed by atoms with Crippen LogP contribution in [0.25, 0.3) is 0 Å². The zero-order valence-electron chi connectivity index (χ0n) is 21.8. The van der Waals surface area contributed by atoms with E-state index in [1.54, 1.807) is 37.3 Å². The van der Waals surface area contributed by atoms with Crippen molar-refractivity contribution >= 4 is 11.0 Å². The van der Waals surface area contributed by atoms with Crippen molar-refractivity contribution in [1.82, 2.24) is 4.72 Å². The molecule has 196 valence electrons. The Morgan fingerprint density at radius 1 is 0.892 bits per heavy atom. The molecule has 0 saturated carbocycles. The lowest BCUT2D eigenvalue weighted by Crippen LogP contribution is -2.52. The van der Waals surface area contributed by atoms with Crippen LogP contribution in [0.4, 0.5) is 8.78 Å². The first-order valence-electron chi connectivity index (χ1n) is 12.2. The van der Waals surface area contributed by atoms with E-state index in [1.807, 2.05) is 51.1 Å². The molecule has 0 aromatic heterocycles. The number of halogens is 2. The summed E-state index contributed by atoms with van der Waals surface area (Å²) in [6, 6.07) is 24.2. The standard InChI is InChI=1S/C30H34F2N2O2S/c1-28(2,3)37(35)34-30(26-12-8-9-13-27(26)32,22-36-20-23-10-6-5-7-11-23)19-18-29(4,21-33)24-14-16-25(31)17-15-24/h5-17,34H,18-20,22H2,1-4H3/t29?,30-,37-/m1/s1. The molecule has 3 aromatic carbocycles. The minimum atomic E-state index is -1.57. The summed E-state index contributed by atoms with van der Waals surface area (Å²) in [7, 11) is -1.57. The van der Waals surface area contributed by atoms with Gasteiger partial charge in [-0.2, -0.15) is 5.26 Å². The van der Waals surface area contributed by atoms with Gasteiger partial charge in [0, 0.05) is 5.56 Å². The van der Waals surface area contributed by atoms with Crippen molar-refractivity contribution < 1.29 is 17.7 Å². The van der Waals surface area contributed by atoms with Gasteiger partial charge >= 0.3 is 0 Å². The number of ether oxygens (including phenoxy) is 1. The van der Waals surface area contributed by atoms with E-state index in [0.717, 1.165) is 5.56 Å². The van der Waals surface area contributed by atoms with Gasteiger partial charge in [0.05, 0.1) is 46.0 Å². The van der Waals surface area contributed by atoms with Gasteiger partial charge in [-0.3, -0.25) is 0 Å². The van der Waals surface area contributed by atoms with Crippen molar-refractivity contribution in [3.8, 4) is 6.07 Å². The second kappa shape index (κ2) is 12.1. The number of nitrogens with zero attached hydrogens (tertiary/aromatic N) is 1. The Balaban J connectivity index is 2.02. The Hall–Kier alpha value is -2.92. The highest BCUT2D eigenvalue weighted by Crippen LogP contribution is 2.37. The van der Waals surface area contributed by atoms with E-state index in [4.69, 9.17) is 4.74 Å². The van der Waals surface area contributed by atoms with Crippen LogP contribution in [0.5, 0.6) is 0 Å². The van der Waals surface area contributed by atoms with E-state index in [1.165, 1.54) is 18.2 Å². The normalized spacial score (nSPS) is 15.8. The highest BCUT2D eigenvalue weighted by atomic mass is 32.2. The van der Waals surface area contributed by atoms with E-state index in [2.05, 4.69) is 10.8 Å². The van der Waals surface area contributed by atoms with Crippen LogP contribution in [0, 0.1) is 23.0 Å². The monoisotopic (exact) mass is 524 g/mol. The maximum atomic E-state index is 15.3. The molecule has 0 saturated heterocycles. The molecule has 0 heterocycles. The molecule has 0 aliphatic carbocycles. The van der Waals surface area contributed by atoms with Crippen LogP contribution in [-0.4, -0.2) is 15.6 Å². The van der Waals surface area contributed by atoms with Crippen LogP contribution in [0.2, 0.25) is 0 Å². The molecule has 7 heteroatoms. The van der Waals surface area contributed by atoms with Crippen molar-refractivity contribution in [2.45, 2.75) is 62.8 Å². The Kier molecular flexibility index (Phi) is 9.36. The molecule has 3 aromatic rings. The van der Waals surface area contributed by atoms with Crippen molar-refractivity contribution in [2.75, 3.05) is 6.61 Å². The second-order valence-corrected chi connectivity index (χ2v) is 12.4. The lowest BCUT2D eigenvalue weighted by Gasteiger charge is -2.39. The molecule has 4 nitrogen and oxygen atoms in total. The van der Waals surface area contributed by atoms with Crippen LogP contribution in [-0.2, 0) is 33.3 Å². The van der Waals surface area contributed by atoms with E-state index >= 15 is 4.39 Å². The summed E-state index contributed by atoms with van der Waals surface area (Å²) in [5.41, 5.74) is -0.263. The van der Waals surface area contributed by atoms with Gasteiger partial charge < -0.3 is 4.74 Å². The second-order valence-electron chi connectivity index (χ2n) is 10.5. The van der Waals surface area contributed by atoms with E-state index < -0.39 is 32.5 Å². The molecule has 0 bridgehead atoms. The molecule has 1 N–H and O–H groups in total. The quantitative estimate of drug-likeness (QED) is 0.304. The fourth-order valence-corrected chi connectivity index (χ4v) is 5.00. The molecular formula is C30H34F2N2O2S. The van der Waals surface area contributed by atoms with Gasteiger partial charge in [0.2, 0.25) is 0 Å². The summed E-state index contributed by atoms with van der Waals surface area (Å²) in [6.45, 7) is 7.60. The molecule has 3 rings (SSSR count). The molecule has 0 aliphatic heterocycles. The Morgan fingerprint density at radius 2 is 1.51 bits per heavy atom. The predicted molar refractivity (Wildman–Crippen MR) is 144 cm³/mol. The maximum absolute atomic E-state index is 15.3. The molecule has 0 radical (unpaired) electrons. The Morgan fingerprint density at radius 3 is 2.11 bits per heavy atom. The first-order valence-corrected chi connectivity index (χ1v) is 13.4. The third kappa shape index (κ3) is 7.32. The van der Waals surface area contributed by atoms with Gasteiger partial charge in [0.1, 0.15) is 11.6 Å². The molecule has 0 amide bonds. The van der Waals surface area contributed by atoms with E-state index in [0.29, 0.717) is 11.1 Å². The average Bonchev–Trinajstić information content (AvgIpc) is 2.87. The lowest BCUT2D eigenvalue weighted by atomic mass is 9.75. The van der Waals surface area contributed by atoms with Crippen molar-refractivity contribution in [3.05, 3.63) is 107 Å². The molecule has 0 aliphatic rings. The number of rotatable bonds is 11. The predicted octanol–water partition coefficient (Wildman–Crippen LogP) is 6.69. The highest BCUT2D eigenvalue weighted by Gasteiger charge is 2.41. The van der Waals surface area contributed by atoms with Gasteiger partial charge in [-0.25, -0.2) is 17.7 Å². The van der Waals surface area contributed by atoms with E-state index in [9.17, 15) is 13.9 Å². The van der Waals surface area contributed by atoms with Crippen molar-refractivity contribution in [3.63, 3.8) is 0 Å². The van der Waals surface area contributed by atoms with Crippen LogP contribution in [0.3, 0.4) is 0 Å². The fraction of sp³-hybridized carbons (Fsp3) is 0.367. The van der Waals surface area contributed by atoms with Crippen LogP contribution in [0.15, 0.2) is 78.9 Å². The molecule has 1 unspecified atom stereocenters. The van der Waals surface area contributed by atoms with Crippen LogP contribution < -0.4 is 4.72 Å². The number of nitriles is 1. The first kappa shape index (κ1) is 28.6. The van der Waals surface area contributed by atoms with Crippen molar-refractivity contribution in [2.24, 2.45) is 0 Å². The third-order valence-electron chi connectivity index (χ3n) is 6.47. The fourth-order valence-electron chi connectivity index (χ4n) is 4.06. The van der Waals surface area contributed by atoms with Gasteiger partial charge in [0.15, 0.2) is 0 Å². The summed E-state index contributed by atoms with van der Waals surface area (Å²) in [4.78, 5) is 0. The molecule has 0 fully saturated rings. The SMILES string of the molecule is CC(C#N)(CC[C@](COCc1ccccc1)(N[S@](=O)C(C)(C)C)c1ccccc1F)c1ccc(F)cc1. The van der Waals surface area contributed by atoms with Crippen molar-refractivity contribution in [1.29, 1.82) is 5.26 Å². The number of nitrogens with one attached hydrogen (secondary N) is 1. The summed E-state index contributed by atoms with van der Waals surface area (Å²) >= 11 is 0. The number of hydrogen-bond donors (Lipinski definition) is 1. The Labute approximate surface area is 221 Å². The van der Waals surface area contributed by atoms with Crippen LogP contribution in [0.1, 0.15) is 57.2 Å². The maximum Gasteiger partial charge on any atom is 0.128 e. The zero-order chi connectivity index (χ0) is 27.1. The summed E-state index contributed by atoms with van der Waals surface area (Å²) < 4.78 is 51.0. The van der Waals surface area contributed by atoms with Gasteiger partial charge in [0.25, 0.3) is 0 Å².